The van der Waals surface area contributed by atoms with Crippen molar-refractivity contribution in [1.82, 2.24) is 0 Å². The first kappa shape index (κ1) is 13.8. The van der Waals surface area contributed by atoms with Gasteiger partial charge < -0.3 is 15.2 Å². The average molecular weight is 301 g/mol. The number of carbonyl (C=O) groups excluding carboxylic acids is 1. The fourth-order valence-electron chi connectivity index (χ4n) is 4.20. The van der Waals surface area contributed by atoms with E-state index in [-0.39, 0.29) is 18.1 Å². The number of hydrogen-bond donors (Lipinski definition) is 2. The molecule has 2 N–H and O–H groups in total. The van der Waals surface area contributed by atoms with E-state index in [1.54, 1.807) is 0 Å². The van der Waals surface area contributed by atoms with Gasteiger partial charge >= 0.3 is 5.97 Å². The molecule has 2 saturated heterocycles. The summed E-state index contributed by atoms with van der Waals surface area (Å²) in [4.78, 5) is 24.0. The monoisotopic (exact) mass is 301 g/mol. The van der Waals surface area contributed by atoms with Gasteiger partial charge in [-0.1, -0.05) is 6.07 Å². The van der Waals surface area contributed by atoms with E-state index >= 15 is 0 Å². The molecular weight excluding hydrogens is 282 g/mol. The van der Waals surface area contributed by atoms with Gasteiger partial charge in [-0.15, -0.1) is 0 Å². The van der Waals surface area contributed by atoms with E-state index in [0.717, 1.165) is 37.8 Å². The van der Waals surface area contributed by atoms with Gasteiger partial charge in [0.1, 0.15) is 0 Å². The van der Waals surface area contributed by atoms with Crippen molar-refractivity contribution >= 4 is 17.6 Å². The topological polar surface area (TPSA) is 75.6 Å². The number of carboxylic acids is 1. The summed E-state index contributed by atoms with van der Waals surface area (Å²) in [6, 6.07) is 5.99. The zero-order valence-electron chi connectivity index (χ0n) is 12.2. The first-order valence-corrected chi connectivity index (χ1v) is 7.94. The van der Waals surface area contributed by atoms with Crippen molar-refractivity contribution in [3.8, 4) is 0 Å². The predicted octanol–water partition coefficient (Wildman–Crippen LogP) is 1.99. The third-order valence-electron chi connectivity index (χ3n) is 5.23. The van der Waals surface area contributed by atoms with Crippen LogP contribution in [0.2, 0.25) is 0 Å². The summed E-state index contributed by atoms with van der Waals surface area (Å²) in [5, 5.41) is 12.3. The number of benzene rings is 1. The lowest BCUT2D eigenvalue weighted by atomic mass is 9.78. The Bertz CT molecular complexity index is 642. The summed E-state index contributed by atoms with van der Waals surface area (Å²) in [5.74, 6) is -2.45. The molecule has 3 aliphatic rings. The normalized spacial score (nSPS) is 32.0. The minimum atomic E-state index is -0.929. The van der Waals surface area contributed by atoms with Gasteiger partial charge in [-0.25, -0.2) is 0 Å². The Morgan fingerprint density at radius 3 is 2.59 bits per heavy atom. The largest absolute Gasteiger partial charge is 0.481 e. The van der Waals surface area contributed by atoms with Gasteiger partial charge in [0, 0.05) is 5.69 Å². The Morgan fingerprint density at radius 2 is 1.82 bits per heavy atom. The van der Waals surface area contributed by atoms with Crippen molar-refractivity contribution < 1.29 is 19.4 Å². The van der Waals surface area contributed by atoms with Crippen molar-refractivity contribution in [1.29, 1.82) is 0 Å². The van der Waals surface area contributed by atoms with Crippen LogP contribution in [0.4, 0.5) is 5.69 Å². The van der Waals surface area contributed by atoms with E-state index in [2.05, 4.69) is 11.4 Å². The molecule has 2 fully saturated rings. The summed E-state index contributed by atoms with van der Waals surface area (Å²) in [6.45, 7) is 0. The SMILES string of the molecule is O=C(O)[C@@H]1[C@H](C(=O)Nc2ccc3c(c2)CCC3)[C@H]2CC[C@H]1O2. The van der Waals surface area contributed by atoms with Crippen LogP contribution in [0, 0.1) is 11.8 Å². The molecule has 22 heavy (non-hydrogen) atoms. The summed E-state index contributed by atoms with van der Waals surface area (Å²) in [7, 11) is 0. The highest BCUT2D eigenvalue weighted by Crippen LogP contribution is 2.44. The van der Waals surface area contributed by atoms with Crippen LogP contribution in [0.5, 0.6) is 0 Å². The molecule has 1 aliphatic carbocycles. The van der Waals surface area contributed by atoms with Gasteiger partial charge in [-0.2, -0.15) is 0 Å². The van der Waals surface area contributed by atoms with Gasteiger partial charge in [0.15, 0.2) is 0 Å². The highest BCUT2D eigenvalue weighted by Gasteiger charge is 2.55. The van der Waals surface area contributed by atoms with Gasteiger partial charge in [0.2, 0.25) is 5.91 Å². The number of nitrogens with one attached hydrogen (secondary N) is 1. The van der Waals surface area contributed by atoms with Crippen molar-refractivity contribution in [2.24, 2.45) is 11.8 Å². The maximum atomic E-state index is 12.6. The molecule has 0 unspecified atom stereocenters. The minimum Gasteiger partial charge on any atom is -0.481 e. The zero-order chi connectivity index (χ0) is 15.3. The molecular formula is C17H19NO4. The highest BCUT2D eigenvalue weighted by atomic mass is 16.5. The van der Waals surface area contributed by atoms with Crippen LogP contribution in [-0.2, 0) is 27.2 Å². The molecule has 5 heteroatoms. The van der Waals surface area contributed by atoms with Crippen molar-refractivity contribution in [3.05, 3.63) is 29.3 Å². The first-order valence-electron chi connectivity index (χ1n) is 7.94. The molecule has 0 spiro atoms. The Hall–Kier alpha value is -1.88. The van der Waals surface area contributed by atoms with Crippen LogP contribution < -0.4 is 5.32 Å². The lowest BCUT2D eigenvalue weighted by Crippen LogP contribution is -2.40. The lowest BCUT2D eigenvalue weighted by molar-refractivity contribution is -0.147. The van der Waals surface area contributed by atoms with Gasteiger partial charge in [0.25, 0.3) is 0 Å². The van der Waals surface area contributed by atoms with Crippen LogP contribution >= 0.6 is 0 Å². The molecule has 1 amide bonds. The van der Waals surface area contributed by atoms with Crippen molar-refractivity contribution in [2.45, 2.75) is 44.3 Å². The second-order valence-electron chi connectivity index (χ2n) is 6.51. The molecule has 4 rings (SSSR count). The number of carboxylic acid groups (broad SMARTS) is 1. The fraction of sp³-hybridized carbons (Fsp3) is 0.529. The Kier molecular flexibility index (Phi) is 3.18. The fourth-order valence-corrected chi connectivity index (χ4v) is 4.20. The Morgan fingerprint density at radius 1 is 1.09 bits per heavy atom. The number of fused-ring (bicyclic) bond motifs is 3. The molecule has 0 radical (unpaired) electrons. The lowest BCUT2D eigenvalue weighted by Gasteiger charge is -2.24. The van der Waals surface area contributed by atoms with E-state index in [4.69, 9.17) is 4.74 Å². The van der Waals surface area contributed by atoms with Crippen LogP contribution in [0.3, 0.4) is 0 Å². The molecule has 0 saturated carbocycles. The Balaban J connectivity index is 1.53. The second kappa shape index (κ2) is 5.09. The molecule has 0 aromatic heterocycles. The number of rotatable bonds is 3. The molecule has 1 aromatic rings. The Labute approximate surface area is 128 Å². The predicted molar refractivity (Wildman–Crippen MR) is 79.6 cm³/mol. The third kappa shape index (κ3) is 2.11. The van der Waals surface area contributed by atoms with E-state index in [0.29, 0.717) is 0 Å². The van der Waals surface area contributed by atoms with E-state index in [1.165, 1.54) is 11.1 Å². The molecule has 2 heterocycles. The molecule has 2 aliphatic heterocycles. The van der Waals surface area contributed by atoms with Crippen LogP contribution in [0.25, 0.3) is 0 Å². The number of hydrogen-bond acceptors (Lipinski definition) is 3. The third-order valence-corrected chi connectivity index (χ3v) is 5.23. The smallest absolute Gasteiger partial charge is 0.310 e. The highest BCUT2D eigenvalue weighted by molar-refractivity contribution is 5.96. The van der Waals surface area contributed by atoms with Crippen LogP contribution in [0.15, 0.2) is 18.2 Å². The number of aliphatic carboxylic acids is 1. The number of ether oxygens (including phenoxy) is 1. The summed E-state index contributed by atoms with van der Waals surface area (Å²) < 4.78 is 5.65. The molecule has 116 valence electrons. The first-order chi connectivity index (χ1) is 10.6. The van der Waals surface area contributed by atoms with Crippen LogP contribution in [-0.4, -0.2) is 29.2 Å². The molecule has 5 nitrogen and oxygen atoms in total. The average Bonchev–Trinajstić information content (AvgIpc) is 3.20. The molecule has 2 bridgehead atoms. The summed E-state index contributed by atoms with van der Waals surface area (Å²) in [6.07, 6.45) is 4.27. The van der Waals surface area contributed by atoms with Crippen molar-refractivity contribution in [3.63, 3.8) is 0 Å². The maximum absolute atomic E-state index is 12.6. The van der Waals surface area contributed by atoms with E-state index in [1.807, 2.05) is 12.1 Å². The molecule has 4 atom stereocenters. The van der Waals surface area contributed by atoms with Gasteiger partial charge in [0.05, 0.1) is 24.0 Å². The van der Waals surface area contributed by atoms with Gasteiger partial charge in [-0.05, 0) is 55.4 Å². The zero-order valence-corrected chi connectivity index (χ0v) is 12.2. The second-order valence-corrected chi connectivity index (χ2v) is 6.51. The van der Waals surface area contributed by atoms with E-state index < -0.39 is 17.8 Å². The summed E-state index contributed by atoms with van der Waals surface area (Å²) in [5.41, 5.74) is 3.40. The quantitative estimate of drug-likeness (QED) is 0.895. The van der Waals surface area contributed by atoms with Crippen LogP contribution in [0.1, 0.15) is 30.4 Å². The number of anilines is 1. The van der Waals surface area contributed by atoms with Gasteiger partial charge in [-0.3, -0.25) is 9.59 Å². The maximum Gasteiger partial charge on any atom is 0.310 e. The van der Waals surface area contributed by atoms with Crippen molar-refractivity contribution in [2.75, 3.05) is 5.32 Å². The summed E-state index contributed by atoms with van der Waals surface area (Å²) >= 11 is 0. The minimum absolute atomic E-state index is 0.224. The standard InChI is InChI=1S/C17H19NO4/c19-16(14-12-6-7-13(22-12)15(14)17(20)21)18-11-5-4-9-2-1-3-10(9)8-11/h4-5,8,12-15H,1-3,6-7H2,(H,18,19)(H,20,21)/t12-,13-,14-,15+/m1/s1. The number of carbonyl (C=O) groups is 2. The molecule has 1 aromatic carbocycles. The number of amides is 1. The van der Waals surface area contributed by atoms with E-state index in [9.17, 15) is 14.7 Å². The number of aryl methyl sites for hydroxylation is 2.